The second-order valence-corrected chi connectivity index (χ2v) is 7.07. The molecule has 1 aromatic heterocycles. The van der Waals surface area contributed by atoms with Gasteiger partial charge in [0.1, 0.15) is 23.5 Å². The zero-order chi connectivity index (χ0) is 20.4. The van der Waals surface area contributed by atoms with E-state index in [1.807, 2.05) is 0 Å². The first-order valence-electron chi connectivity index (χ1n) is 7.85. The maximum Gasteiger partial charge on any atom is 0.288 e. The Balaban J connectivity index is 1.79. The number of aliphatic hydroxyl groups is 1. The van der Waals surface area contributed by atoms with Gasteiger partial charge < -0.3 is 9.84 Å². The molecule has 2 aromatic carbocycles. The number of hydrogen-bond acceptors (Lipinski definition) is 6. The van der Waals surface area contributed by atoms with Crippen LogP contribution in [-0.2, 0) is 6.54 Å². The molecule has 0 aliphatic rings. The third kappa shape index (κ3) is 4.36. The molecule has 0 amide bonds. The van der Waals surface area contributed by atoms with E-state index in [4.69, 9.17) is 39.5 Å². The van der Waals surface area contributed by atoms with E-state index in [1.165, 1.54) is 18.5 Å². The smallest absolute Gasteiger partial charge is 0.288 e. The molecule has 0 saturated carbocycles. The van der Waals surface area contributed by atoms with E-state index in [2.05, 4.69) is 4.98 Å². The van der Waals surface area contributed by atoms with Crippen LogP contribution in [0.1, 0.15) is 0 Å². The van der Waals surface area contributed by atoms with Gasteiger partial charge in [0.2, 0.25) is 0 Å². The molecule has 1 atom stereocenters. The summed E-state index contributed by atoms with van der Waals surface area (Å²) < 4.78 is 6.57. The van der Waals surface area contributed by atoms with E-state index in [0.29, 0.717) is 10.8 Å². The number of nitro benzene ring substituents is 1. The predicted octanol–water partition coefficient (Wildman–Crippen LogP) is 3.70. The second-order valence-electron chi connectivity index (χ2n) is 5.82. The molecule has 0 spiro atoms. The molecule has 0 radical (unpaired) electrons. The summed E-state index contributed by atoms with van der Waals surface area (Å²) in [5.74, 6) is 0.333. The van der Waals surface area contributed by atoms with Gasteiger partial charge in [0.05, 0.1) is 33.7 Å². The predicted molar refractivity (Wildman–Crippen MR) is 106 cm³/mol. The van der Waals surface area contributed by atoms with Crippen molar-refractivity contribution in [3.05, 3.63) is 72.2 Å². The molecule has 11 heteroatoms. The third-order valence-electron chi connectivity index (χ3n) is 3.82. The first kappa shape index (κ1) is 20.3. The average Bonchev–Trinajstić information content (AvgIpc) is 2.63. The largest absolute Gasteiger partial charge is 0.489 e. The van der Waals surface area contributed by atoms with Gasteiger partial charge in [-0.05, 0) is 24.3 Å². The highest BCUT2D eigenvalue weighted by Gasteiger charge is 2.17. The highest BCUT2D eigenvalue weighted by Crippen LogP contribution is 2.28. The van der Waals surface area contributed by atoms with Crippen LogP contribution in [0.5, 0.6) is 5.75 Å². The number of hydrogen-bond donors (Lipinski definition) is 1. The molecule has 1 N–H and O–H groups in total. The molecule has 146 valence electrons. The lowest BCUT2D eigenvalue weighted by atomic mass is 10.2. The van der Waals surface area contributed by atoms with Gasteiger partial charge >= 0.3 is 0 Å². The standard InChI is InChI=1S/C17H12Cl3N3O5/c18-9-1-2-16(13(20)3-9)28-7-10(24)6-22-8-21-14-5-12(19)15(23(26)27)4-11(14)17(22)25/h1-5,8,10,24H,6-7H2. The van der Waals surface area contributed by atoms with Crippen molar-refractivity contribution in [1.82, 2.24) is 9.55 Å². The molecule has 3 rings (SSSR count). The number of ether oxygens (including phenoxy) is 1. The Kier molecular flexibility index (Phi) is 6.04. The van der Waals surface area contributed by atoms with E-state index < -0.39 is 22.3 Å². The van der Waals surface area contributed by atoms with Crippen molar-refractivity contribution >= 4 is 51.4 Å². The van der Waals surface area contributed by atoms with Crippen molar-refractivity contribution in [3.8, 4) is 5.75 Å². The minimum atomic E-state index is -1.06. The number of rotatable bonds is 6. The highest BCUT2D eigenvalue weighted by molar-refractivity contribution is 6.35. The SMILES string of the molecule is O=c1c2cc([N+](=O)[O-])c(Cl)cc2ncn1CC(O)COc1ccc(Cl)cc1Cl. The summed E-state index contributed by atoms with van der Waals surface area (Å²) in [7, 11) is 0. The van der Waals surface area contributed by atoms with E-state index in [1.54, 1.807) is 12.1 Å². The van der Waals surface area contributed by atoms with Gasteiger partial charge in [-0.2, -0.15) is 0 Å². The number of fused-ring (bicyclic) bond motifs is 1. The lowest BCUT2D eigenvalue weighted by Gasteiger charge is -2.15. The van der Waals surface area contributed by atoms with E-state index in [9.17, 15) is 20.0 Å². The minimum absolute atomic E-state index is 0.0208. The van der Waals surface area contributed by atoms with Crippen LogP contribution < -0.4 is 10.3 Å². The molecule has 0 bridgehead atoms. The van der Waals surface area contributed by atoms with Crippen molar-refractivity contribution in [2.45, 2.75) is 12.6 Å². The van der Waals surface area contributed by atoms with Crippen LogP contribution in [0.3, 0.4) is 0 Å². The minimum Gasteiger partial charge on any atom is -0.489 e. The fourth-order valence-corrected chi connectivity index (χ4v) is 3.19. The quantitative estimate of drug-likeness (QED) is 0.459. The Morgan fingerprint density at radius 3 is 2.64 bits per heavy atom. The maximum atomic E-state index is 12.6. The van der Waals surface area contributed by atoms with Crippen molar-refractivity contribution < 1.29 is 14.8 Å². The first-order valence-corrected chi connectivity index (χ1v) is 8.98. The summed E-state index contributed by atoms with van der Waals surface area (Å²) in [4.78, 5) is 27.0. The summed E-state index contributed by atoms with van der Waals surface area (Å²) in [5.41, 5.74) is -0.726. The maximum absolute atomic E-state index is 12.6. The molecular formula is C17H12Cl3N3O5. The summed E-state index contributed by atoms with van der Waals surface area (Å²) in [6.45, 7) is -0.282. The molecule has 1 heterocycles. The molecule has 8 nitrogen and oxygen atoms in total. The van der Waals surface area contributed by atoms with Crippen LogP contribution in [0.15, 0.2) is 41.5 Å². The van der Waals surface area contributed by atoms with Crippen LogP contribution in [0.25, 0.3) is 10.9 Å². The zero-order valence-electron chi connectivity index (χ0n) is 14.0. The Hall–Kier alpha value is -2.39. The number of nitro groups is 1. The molecule has 0 aliphatic carbocycles. The van der Waals surface area contributed by atoms with Crippen molar-refractivity contribution in [3.63, 3.8) is 0 Å². The first-order chi connectivity index (χ1) is 13.3. The molecule has 0 aliphatic heterocycles. The number of aliphatic hydroxyl groups excluding tert-OH is 1. The molecular weight excluding hydrogens is 433 g/mol. The third-order valence-corrected chi connectivity index (χ3v) is 4.66. The lowest BCUT2D eigenvalue weighted by Crippen LogP contribution is -2.30. The van der Waals surface area contributed by atoms with Crippen molar-refractivity contribution in [2.75, 3.05) is 6.61 Å². The summed E-state index contributed by atoms with van der Waals surface area (Å²) >= 11 is 17.6. The molecule has 1 unspecified atom stereocenters. The normalized spacial score (nSPS) is 12.1. The number of benzene rings is 2. The fraction of sp³-hybridized carbons (Fsp3) is 0.176. The summed E-state index contributed by atoms with van der Waals surface area (Å²) in [5, 5.41) is 21.8. The van der Waals surface area contributed by atoms with E-state index >= 15 is 0 Å². The van der Waals surface area contributed by atoms with Crippen LogP contribution >= 0.6 is 34.8 Å². The van der Waals surface area contributed by atoms with Crippen LogP contribution in [-0.4, -0.2) is 32.3 Å². The highest BCUT2D eigenvalue weighted by atomic mass is 35.5. The summed E-state index contributed by atoms with van der Waals surface area (Å²) in [6.07, 6.45) is 0.164. The molecule has 0 saturated heterocycles. The van der Waals surface area contributed by atoms with E-state index in [0.717, 1.165) is 10.6 Å². The van der Waals surface area contributed by atoms with Crippen LogP contribution in [0, 0.1) is 10.1 Å². The van der Waals surface area contributed by atoms with Crippen LogP contribution in [0.2, 0.25) is 15.1 Å². The second kappa shape index (κ2) is 8.32. The Labute approximate surface area is 173 Å². The Morgan fingerprint density at radius 1 is 1.21 bits per heavy atom. The van der Waals surface area contributed by atoms with Gasteiger partial charge in [-0.15, -0.1) is 0 Å². The van der Waals surface area contributed by atoms with Gasteiger partial charge in [0.25, 0.3) is 11.2 Å². The summed E-state index contributed by atoms with van der Waals surface area (Å²) in [6, 6.07) is 6.97. The van der Waals surface area contributed by atoms with Crippen molar-refractivity contribution in [2.24, 2.45) is 0 Å². The topological polar surface area (TPSA) is 107 Å². The Bertz CT molecular complexity index is 1120. The average molecular weight is 445 g/mol. The zero-order valence-corrected chi connectivity index (χ0v) is 16.3. The monoisotopic (exact) mass is 443 g/mol. The van der Waals surface area contributed by atoms with Gasteiger partial charge in [-0.25, -0.2) is 4.98 Å². The van der Waals surface area contributed by atoms with Crippen LogP contribution in [0.4, 0.5) is 5.69 Å². The molecule has 28 heavy (non-hydrogen) atoms. The van der Waals surface area contributed by atoms with Crippen molar-refractivity contribution in [1.29, 1.82) is 0 Å². The van der Waals surface area contributed by atoms with Gasteiger partial charge in [0, 0.05) is 11.1 Å². The molecule has 3 aromatic rings. The van der Waals surface area contributed by atoms with Gasteiger partial charge in [0.15, 0.2) is 0 Å². The van der Waals surface area contributed by atoms with Gasteiger partial charge in [-0.3, -0.25) is 19.5 Å². The fourth-order valence-electron chi connectivity index (χ4n) is 2.50. The lowest BCUT2D eigenvalue weighted by molar-refractivity contribution is -0.384. The van der Waals surface area contributed by atoms with E-state index in [-0.39, 0.29) is 34.1 Å². The Morgan fingerprint density at radius 2 is 1.96 bits per heavy atom. The molecule has 0 fully saturated rings. The number of aromatic nitrogens is 2. The number of halogens is 3. The number of nitrogens with zero attached hydrogens (tertiary/aromatic N) is 3. The van der Waals surface area contributed by atoms with Gasteiger partial charge in [-0.1, -0.05) is 34.8 Å².